The Balaban J connectivity index is 2.45. The number of aromatic nitrogens is 2. The number of nitrogens with two attached hydrogens (primary N) is 1. The van der Waals surface area contributed by atoms with Gasteiger partial charge in [-0.1, -0.05) is 11.6 Å². The van der Waals surface area contributed by atoms with Crippen molar-refractivity contribution in [3.05, 3.63) is 33.6 Å². The highest BCUT2D eigenvalue weighted by Crippen LogP contribution is 2.32. The largest absolute Gasteiger partial charge is 0.496 e. The van der Waals surface area contributed by atoms with E-state index in [2.05, 4.69) is 25.9 Å². The van der Waals surface area contributed by atoms with E-state index in [1.165, 1.54) is 0 Å². The second-order valence-corrected chi connectivity index (χ2v) is 4.63. The highest BCUT2D eigenvalue weighted by Gasteiger charge is 2.11. The van der Waals surface area contributed by atoms with Gasteiger partial charge in [0, 0.05) is 5.56 Å². The van der Waals surface area contributed by atoms with E-state index < -0.39 is 0 Å². The van der Waals surface area contributed by atoms with Crippen LogP contribution >= 0.6 is 27.5 Å². The molecule has 0 atom stereocenters. The van der Waals surface area contributed by atoms with E-state index in [-0.39, 0.29) is 0 Å². The maximum atomic E-state index is 6.06. The summed E-state index contributed by atoms with van der Waals surface area (Å²) in [6, 6.07) is 5.65. The molecule has 0 saturated carbocycles. The average Bonchev–Trinajstić information content (AvgIpc) is 2.70. The van der Waals surface area contributed by atoms with Gasteiger partial charge < -0.3 is 15.5 Å². The molecule has 0 fully saturated rings. The molecule has 0 aliphatic heterocycles. The normalized spacial score (nSPS) is 10.6. The SMILES string of the molecule is COc1ccc(-c2nc(CN)[nH]c2Cl)cc1Br. The summed E-state index contributed by atoms with van der Waals surface area (Å²) in [7, 11) is 1.62. The van der Waals surface area contributed by atoms with Gasteiger partial charge in [0.15, 0.2) is 0 Å². The number of hydrogen-bond donors (Lipinski definition) is 2. The van der Waals surface area contributed by atoms with Crippen LogP contribution in [0.25, 0.3) is 11.3 Å². The van der Waals surface area contributed by atoms with E-state index in [1.54, 1.807) is 7.11 Å². The first kappa shape index (κ1) is 12.4. The van der Waals surface area contributed by atoms with Crippen molar-refractivity contribution in [1.82, 2.24) is 9.97 Å². The van der Waals surface area contributed by atoms with Crippen LogP contribution in [0.5, 0.6) is 5.75 Å². The Morgan fingerprint density at radius 3 is 2.82 bits per heavy atom. The molecule has 1 aromatic heterocycles. The summed E-state index contributed by atoms with van der Waals surface area (Å²) in [4.78, 5) is 7.24. The molecular formula is C11H11BrClN3O. The Bertz CT molecular complexity index is 542. The monoisotopic (exact) mass is 315 g/mol. The Morgan fingerprint density at radius 1 is 1.53 bits per heavy atom. The van der Waals surface area contributed by atoms with Gasteiger partial charge >= 0.3 is 0 Å². The highest BCUT2D eigenvalue weighted by molar-refractivity contribution is 9.10. The summed E-state index contributed by atoms with van der Waals surface area (Å²) in [6.45, 7) is 0.330. The molecule has 4 nitrogen and oxygen atoms in total. The minimum Gasteiger partial charge on any atom is -0.496 e. The van der Waals surface area contributed by atoms with Crippen molar-refractivity contribution < 1.29 is 4.74 Å². The fourth-order valence-corrected chi connectivity index (χ4v) is 2.30. The van der Waals surface area contributed by atoms with Crippen LogP contribution in [0.4, 0.5) is 0 Å². The van der Waals surface area contributed by atoms with Crippen molar-refractivity contribution in [3.8, 4) is 17.0 Å². The quantitative estimate of drug-likeness (QED) is 0.915. The van der Waals surface area contributed by atoms with Gasteiger partial charge in [0.1, 0.15) is 22.4 Å². The van der Waals surface area contributed by atoms with Crippen molar-refractivity contribution in [1.29, 1.82) is 0 Å². The van der Waals surface area contributed by atoms with Crippen LogP contribution in [0.1, 0.15) is 5.82 Å². The number of hydrogen-bond acceptors (Lipinski definition) is 3. The van der Waals surface area contributed by atoms with Gasteiger partial charge in [-0.05, 0) is 34.1 Å². The number of methoxy groups -OCH3 is 1. The zero-order chi connectivity index (χ0) is 12.4. The van der Waals surface area contributed by atoms with Gasteiger partial charge in [0.25, 0.3) is 0 Å². The molecule has 6 heteroatoms. The molecule has 1 heterocycles. The van der Waals surface area contributed by atoms with Crippen molar-refractivity contribution >= 4 is 27.5 Å². The van der Waals surface area contributed by atoms with Gasteiger partial charge in [-0.25, -0.2) is 4.98 Å². The number of nitrogens with one attached hydrogen (secondary N) is 1. The fraction of sp³-hybridized carbons (Fsp3) is 0.182. The molecule has 17 heavy (non-hydrogen) atoms. The third kappa shape index (κ3) is 2.46. The molecule has 0 saturated heterocycles. The molecule has 0 radical (unpaired) electrons. The van der Waals surface area contributed by atoms with Crippen molar-refractivity contribution in [3.63, 3.8) is 0 Å². The summed E-state index contributed by atoms with van der Waals surface area (Å²) < 4.78 is 6.02. The topological polar surface area (TPSA) is 63.9 Å². The van der Waals surface area contributed by atoms with Crippen LogP contribution in [0.2, 0.25) is 5.15 Å². The van der Waals surface area contributed by atoms with Crippen LogP contribution in [0.15, 0.2) is 22.7 Å². The zero-order valence-electron chi connectivity index (χ0n) is 9.13. The van der Waals surface area contributed by atoms with E-state index in [0.29, 0.717) is 23.2 Å². The summed E-state index contributed by atoms with van der Waals surface area (Å²) in [5.41, 5.74) is 7.10. The summed E-state index contributed by atoms with van der Waals surface area (Å²) in [5.74, 6) is 1.43. The van der Waals surface area contributed by atoms with Gasteiger partial charge in [0.2, 0.25) is 0 Å². The van der Waals surface area contributed by atoms with Crippen LogP contribution in [0.3, 0.4) is 0 Å². The van der Waals surface area contributed by atoms with Crippen molar-refractivity contribution in [2.75, 3.05) is 7.11 Å². The maximum absolute atomic E-state index is 6.06. The lowest BCUT2D eigenvalue weighted by Crippen LogP contribution is -1.97. The third-order valence-electron chi connectivity index (χ3n) is 2.33. The molecule has 0 bridgehead atoms. The smallest absolute Gasteiger partial charge is 0.134 e. The van der Waals surface area contributed by atoms with Crippen LogP contribution in [0, 0.1) is 0 Å². The fourth-order valence-electron chi connectivity index (χ4n) is 1.50. The molecule has 3 N–H and O–H groups in total. The molecule has 90 valence electrons. The maximum Gasteiger partial charge on any atom is 0.134 e. The molecule has 0 amide bonds. The van der Waals surface area contributed by atoms with E-state index in [0.717, 1.165) is 15.8 Å². The number of ether oxygens (including phenoxy) is 1. The molecule has 0 unspecified atom stereocenters. The Kier molecular flexibility index (Phi) is 3.71. The van der Waals surface area contributed by atoms with Crippen molar-refractivity contribution in [2.24, 2.45) is 5.73 Å². The molecule has 0 aliphatic rings. The number of aromatic amines is 1. The number of nitrogens with zero attached hydrogens (tertiary/aromatic N) is 1. The number of benzene rings is 1. The lowest BCUT2D eigenvalue weighted by atomic mass is 10.1. The predicted octanol–water partition coefficient (Wildman–Crippen LogP) is 2.96. The first-order chi connectivity index (χ1) is 8.15. The van der Waals surface area contributed by atoms with Gasteiger partial charge in [0.05, 0.1) is 18.1 Å². The number of halogens is 2. The van der Waals surface area contributed by atoms with E-state index >= 15 is 0 Å². The van der Waals surface area contributed by atoms with E-state index in [1.807, 2.05) is 18.2 Å². The second-order valence-electron chi connectivity index (χ2n) is 3.40. The van der Waals surface area contributed by atoms with E-state index in [9.17, 15) is 0 Å². The standard InChI is InChI=1S/C11H11BrClN3O/c1-17-8-3-2-6(4-7(8)12)10-11(13)16-9(5-14)15-10/h2-4H,5,14H2,1H3,(H,15,16). The first-order valence-electron chi connectivity index (χ1n) is 4.94. The predicted molar refractivity (Wildman–Crippen MR) is 71.2 cm³/mol. The zero-order valence-corrected chi connectivity index (χ0v) is 11.5. The molecule has 0 aliphatic carbocycles. The van der Waals surface area contributed by atoms with Gasteiger partial charge in [-0.3, -0.25) is 0 Å². The highest BCUT2D eigenvalue weighted by atomic mass is 79.9. The Morgan fingerprint density at radius 2 is 2.29 bits per heavy atom. The van der Waals surface area contributed by atoms with E-state index in [4.69, 9.17) is 22.1 Å². The van der Waals surface area contributed by atoms with Gasteiger partial charge in [-0.15, -0.1) is 0 Å². The summed E-state index contributed by atoms with van der Waals surface area (Å²) >= 11 is 9.49. The van der Waals surface area contributed by atoms with Crippen LogP contribution < -0.4 is 10.5 Å². The minimum atomic E-state index is 0.330. The number of rotatable bonds is 3. The molecule has 0 spiro atoms. The number of imidazole rings is 1. The Hall–Kier alpha value is -1.04. The average molecular weight is 317 g/mol. The van der Waals surface area contributed by atoms with Crippen LogP contribution in [-0.4, -0.2) is 17.1 Å². The summed E-state index contributed by atoms with van der Waals surface area (Å²) in [6.07, 6.45) is 0. The lowest BCUT2D eigenvalue weighted by molar-refractivity contribution is 0.412. The minimum absolute atomic E-state index is 0.330. The number of H-pyrrole nitrogens is 1. The molecule has 2 rings (SSSR count). The third-order valence-corrected chi connectivity index (χ3v) is 3.22. The molecule has 2 aromatic rings. The lowest BCUT2D eigenvalue weighted by Gasteiger charge is -2.04. The van der Waals surface area contributed by atoms with Gasteiger partial charge in [-0.2, -0.15) is 0 Å². The Labute approximate surface area is 112 Å². The van der Waals surface area contributed by atoms with Crippen LogP contribution in [-0.2, 0) is 6.54 Å². The molecular weight excluding hydrogens is 305 g/mol. The second kappa shape index (κ2) is 5.08. The molecule has 1 aromatic carbocycles. The first-order valence-corrected chi connectivity index (χ1v) is 6.11. The van der Waals surface area contributed by atoms with Crippen molar-refractivity contribution in [2.45, 2.75) is 6.54 Å². The summed E-state index contributed by atoms with van der Waals surface area (Å²) in [5, 5.41) is 0.488.